The van der Waals surface area contributed by atoms with E-state index in [0.29, 0.717) is 10.7 Å². The van der Waals surface area contributed by atoms with Crippen LogP contribution in [0.15, 0.2) is 72.8 Å². The van der Waals surface area contributed by atoms with E-state index in [-0.39, 0.29) is 30.3 Å². The molecule has 2 aliphatic heterocycles. The lowest BCUT2D eigenvalue weighted by Gasteiger charge is -2.36. The Balaban J connectivity index is 1.47. The van der Waals surface area contributed by atoms with Crippen LogP contribution in [0.2, 0.25) is 10.0 Å². The molecule has 0 bridgehead atoms. The highest BCUT2D eigenvalue weighted by Crippen LogP contribution is 2.50. The Morgan fingerprint density at radius 2 is 1.71 bits per heavy atom. The first kappa shape index (κ1) is 30.5. The van der Waals surface area contributed by atoms with Crippen LogP contribution in [-0.2, 0) is 31.6 Å². The highest BCUT2D eigenvalue weighted by molar-refractivity contribution is 7.90. The van der Waals surface area contributed by atoms with E-state index in [1.165, 1.54) is 12.1 Å². The molecule has 2 aliphatic rings. The maximum Gasteiger partial charge on any atom is 0.321 e. The number of ether oxygens (including phenoxy) is 1. The van der Waals surface area contributed by atoms with Gasteiger partial charge in [0.2, 0.25) is 0 Å². The Morgan fingerprint density at radius 3 is 2.43 bits per heavy atom. The van der Waals surface area contributed by atoms with Crippen molar-refractivity contribution in [3.8, 4) is 0 Å². The number of amides is 2. The summed E-state index contributed by atoms with van der Waals surface area (Å²) in [6.45, 7) is 1.58. The zero-order valence-corrected chi connectivity index (χ0v) is 25.4. The molecule has 3 aromatic rings. The van der Waals surface area contributed by atoms with E-state index in [0.717, 1.165) is 43.3 Å². The van der Waals surface area contributed by atoms with Crippen molar-refractivity contribution in [3.63, 3.8) is 0 Å². The van der Waals surface area contributed by atoms with Crippen molar-refractivity contribution in [3.05, 3.63) is 99.5 Å². The number of carbonyl (C=O) groups is 2. The lowest BCUT2D eigenvalue weighted by atomic mass is 9.75. The molecule has 12 heteroatoms. The van der Waals surface area contributed by atoms with Gasteiger partial charge in [0.25, 0.3) is 11.8 Å². The standard InChI is InChI=1S/C30H32Cl2N4O5S/c1-42(39,40)36(20-30(13-15-33-16-14-30)24-9-5-6-10-27(24)36)35-29(38)26(19-41-18-21-7-3-2-4-8-21)34-28(37)23-17-22(31)11-12-25(23)32/h2-12,17,26,33H,13-16,18-20H2,1H3,(H-,34,35,37,38)/p+1. The van der Waals surface area contributed by atoms with Crippen LogP contribution in [0.5, 0.6) is 0 Å². The number of sulfonamides is 1. The summed E-state index contributed by atoms with van der Waals surface area (Å²) in [4.78, 5) is 27.3. The van der Waals surface area contributed by atoms with Gasteiger partial charge in [0.15, 0.2) is 5.69 Å². The Bertz CT molecular complexity index is 1580. The number of fused-ring (bicyclic) bond motifs is 2. The van der Waals surface area contributed by atoms with Crippen molar-refractivity contribution in [1.82, 2.24) is 20.1 Å². The molecule has 1 fully saturated rings. The number of halogens is 2. The van der Waals surface area contributed by atoms with E-state index >= 15 is 0 Å². The van der Waals surface area contributed by atoms with Crippen molar-refractivity contribution in [2.45, 2.75) is 30.9 Å². The maximum atomic E-state index is 14.0. The minimum absolute atomic E-state index is 0.0808. The molecule has 0 aromatic heterocycles. The molecule has 222 valence electrons. The number of quaternary nitrogens is 1. The topological polar surface area (TPSA) is 114 Å². The highest BCUT2D eigenvalue weighted by atomic mass is 35.5. The molecule has 3 aromatic carbocycles. The molecule has 2 atom stereocenters. The van der Waals surface area contributed by atoms with E-state index in [1.807, 2.05) is 42.5 Å². The Hall–Kier alpha value is -2.99. The van der Waals surface area contributed by atoms with Gasteiger partial charge >= 0.3 is 10.0 Å². The SMILES string of the molecule is CS(=O)(=O)[N+]1(NC(=O)C(COCc2ccccc2)NC(=O)c2cc(Cl)ccc2Cl)CC2(CCNCC2)c2ccccc21. The molecule has 0 saturated carbocycles. The summed E-state index contributed by atoms with van der Waals surface area (Å²) in [5, 5.41) is 6.49. The van der Waals surface area contributed by atoms with E-state index in [1.54, 1.807) is 18.2 Å². The molecule has 0 radical (unpaired) electrons. The van der Waals surface area contributed by atoms with Gasteiger partial charge in [-0.1, -0.05) is 75.7 Å². The summed E-state index contributed by atoms with van der Waals surface area (Å²) in [7, 11) is -3.94. The van der Waals surface area contributed by atoms with Crippen molar-refractivity contribution < 1.29 is 22.7 Å². The third kappa shape index (κ3) is 6.06. The Kier molecular flexibility index (Phi) is 8.94. The van der Waals surface area contributed by atoms with E-state index in [9.17, 15) is 18.0 Å². The summed E-state index contributed by atoms with van der Waals surface area (Å²) in [6, 6.07) is 19.9. The molecule has 2 unspecified atom stereocenters. The fraction of sp³-hybridized carbons (Fsp3) is 0.333. The first-order valence-corrected chi connectivity index (χ1v) is 16.2. The van der Waals surface area contributed by atoms with Crippen molar-refractivity contribution in [2.75, 3.05) is 32.5 Å². The minimum atomic E-state index is -3.94. The van der Waals surface area contributed by atoms with Crippen LogP contribution < -0.4 is 20.1 Å². The normalized spacial score (nSPS) is 20.1. The van der Waals surface area contributed by atoms with Crippen molar-refractivity contribution >= 4 is 50.7 Å². The molecule has 2 amide bonds. The molecule has 1 spiro atoms. The first-order valence-electron chi connectivity index (χ1n) is 13.6. The van der Waals surface area contributed by atoms with Crippen LogP contribution in [0.4, 0.5) is 5.69 Å². The lowest BCUT2D eigenvalue weighted by molar-refractivity contribution is -0.127. The van der Waals surface area contributed by atoms with Gasteiger partial charge in [-0.3, -0.25) is 9.59 Å². The third-order valence-electron chi connectivity index (χ3n) is 8.00. The van der Waals surface area contributed by atoms with Crippen LogP contribution in [-0.4, -0.2) is 58.8 Å². The molecule has 9 nitrogen and oxygen atoms in total. The van der Waals surface area contributed by atoms with Crippen LogP contribution in [0, 0.1) is 0 Å². The van der Waals surface area contributed by atoms with Gasteiger partial charge in [0, 0.05) is 16.7 Å². The first-order chi connectivity index (χ1) is 20.0. The van der Waals surface area contributed by atoms with Gasteiger partial charge in [-0.15, -0.1) is 0 Å². The van der Waals surface area contributed by atoms with Gasteiger partial charge in [-0.25, -0.2) is 0 Å². The number of hydrogen-bond acceptors (Lipinski definition) is 6. The maximum absolute atomic E-state index is 14.0. The smallest absolute Gasteiger partial charge is 0.321 e. The molecule has 1 saturated heterocycles. The molecular weight excluding hydrogens is 599 g/mol. The zero-order chi connectivity index (χ0) is 30.0. The average molecular weight is 633 g/mol. The van der Waals surface area contributed by atoms with Crippen LogP contribution in [0.25, 0.3) is 0 Å². The third-order valence-corrected chi connectivity index (χ3v) is 10.1. The Morgan fingerprint density at radius 1 is 1.02 bits per heavy atom. The zero-order valence-electron chi connectivity index (χ0n) is 23.1. The fourth-order valence-electron chi connectivity index (χ4n) is 5.86. The van der Waals surface area contributed by atoms with Gasteiger partial charge in [0.1, 0.15) is 12.6 Å². The number of nitrogens with one attached hydrogen (secondary N) is 3. The number of rotatable bonds is 9. The summed E-state index contributed by atoms with van der Waals surface area (Å²) in [6.07, 6.45) is 2.57. The second-order valence-electron chi connectivity index (χ2n) is 10.8. The number of benzene rings is 3. The fourth-order valence-corrected chi connectivity index (χ4v) is 7.49. The molecule has 0 aliphatic carbocycles. The number of hydrogen-bond donors (Lipinski definition) is 3. The molecule has 5 rings (SSSR count). The van der Waals surface area contributed by atoms with Crippen LogP contribution >= 0.6 is 23.2 Å². The van der Waals surface area contributed by atoms with Crippen LogP contribution in [0.1, 0.15) is 34.3 Å². The molecular formula is C30H33Cl2N4O5S+. The number of piperidine rings is 1. The second-order valence-corrected chi connectivity index (χ2v) is 13.7. The number of carbonyl (C=O) groups excluding carboxylic acids is 2. The van der Waals surface area contributed by atoms with E-state index < -0.39 is 37.3 Å². The van der Waals surface area contributed by atoms with E-state index in [2.05, 4.69) is 16.1 Å². The van der Waals surface area contributed by atoms with E-state index in [4.69, 9.17) is 27.9 Å². The second kappa shape index (κ2) is 12.3. The highest BCUT2D eigenvalue weighted by Gasteiger charge is 2.60. The predicted octanol–water partition coefficient (Wildman–Crippen LogP) is 3.94. The minimum Gasteiger partial charge on any atom is -0.374 e. The largest absolute Gasteiger partial charge is 0.374 e. The lowest BCUT2D eigenvalue weighted by Crippen LogP contribution is -2.68. The quantitative estimate of drug-likeness (QED) is 0.308. The molecule has 3 N–H and O–H groups in total. The van der Waals surface area contributed by atoms with Crippen molar-refractivity contribution in [1.29, 1.82) is 0 Å². The van der Waals surface area contributed by atoms with Gasteiger partial charge < -0.3 is 15.4 Å². The summed E-state index contributed by atoms with van der Waals surface area (Å²) in [5.41, 5.74) is 4.76. The summed E-state index contributed by atoms with van der Waals surface area (Å²) in [5.74, 6) is -1.35. The van der Waals surface area contributed by atoms with Gasteiger partial charge in [0.05, 0.1) is 35.5 Å². The predicted molar refractivity (Wildman–Crippen MR) is 164 cm³/mol. The molecule has 2 heterocycles. The Labute approximate surface area is 255 Å². The van der Waals surface area contributed by atoms with Crippen LogP contribution in [0.3, 0.4) is 0 Å². The van der Waals surface area contributed by atoms with Gasteiger partial charge in [-0.2, -0.15) is 13.8 Å². The number of nitrogens with zero attached hydrogens (tertiary/aromatic N) is 1. The summed E-state index contributed by atoms with van der Waals surface area (Å²) < 4.78 is 32.3. The molecule has 42 heavy (non-hydrogen) atoms. The average Bonchev–Trinajstić information content (AvgIpc) is 3.24. The summed E-state index contributed by atoms with van der Waals surface area (Å²) >= 11 is 12.4. The number of para-hydroxylation sites is 1. The van der Waals surface area contributed by atoms with Gasteiger partial charge in [-0.05, 0) is 49.7 Å². The van der Waals surface area contributed by atoms with Crippen molar-refractivity contribution in [2.24, 2.45) is 0 Å². The monoisotopic (exact) mass is 631 g/mol.